The Kier molecular flexibility index (Phi) is 25.0. The number of aryl methyl sites for hydroxylation is 1. The normalized spacial score (nSPS) is 15.6. The Morgan fingerprint density at radius 2 is 0.986 bits per heavy atom. The molecule has 3 atom stereocenters. The molecule has 9 N–H and O–H groups in total. The zero-order valence-electron chi connectivity index (χ0n) is 40.1. The fourth-order valence-electron chi connectivity index (χ4n) is 8.07. The van der Waals surface area contributed by atoms with E-state index in [0.717, 1.165) is 47.9 Å². The van der Waals surface area contributed by atoms with Crippen molar-refractivity contribution in [3.8, 4) is 0 Å². The van der Waals surface area contributed by atoms with Crippen LogP contribution < -0.4 is 16.0 Å². The Morgan fingerprint density at radius 1 is 0.543 bits per heavy atom. The summed E-state index contributed by atoms with van der Waals surface area (Å²) in [6.45, 7) is 5.60. The molecule has 3 fully saturated rings. The molecule has 6 rings (SSSR count). The summed E-state index contributed by atoms with van der Waals surface area (Å²) in [5.74, 6) is -2.95. The highest BCUT2D eigenvalue weighted by Crippen LogP contribution is 2.14. The summed E-state index contributed by atoms with van der Waals surface area (Å²) in [5, 5.41) is 64.8. The maximum absolute atomic E-state index is 12.1. The van der Waals surface area contributed by atoms with Crippen LogP contribution in [-0.4, -0.2) is 166 Å². The number of hydrogen-bond donors (Lipinski definition) is 9. The average molecular weight is 971 g/mol. The predicted molar refractivity (Wildman–Crippen MR) is 264 cm³/mol. The molecule has 0 saturated carbocycles. The van der Waals surface area contributed by atoms with E-state index in [-0.39, 0.29) is 54.9 Å². The summed E-state index contributed by atoms with van der Waals surface area (Å²) >= 11 is 0. The summed E-state index contributed by atoms with van der Waals surface area (Å²) in [5.41, 5.74) is 3.93. The maximum Gasteiger partial charge on any atom is 0.475 e. The molecule has 3 aliphatic rings. The first-order chi connectivity index (χ1) is 33.6. The van der Waals surface area contributed by atoms with E-state index in [1.54, 1.807) is 14.7 Å². The summed E-state index contributed by atoms with van der Waals surface area (Å²) in [6, 6.07) is 26.5. The van der Waals surface area contributed by atoms with Gasteiger partial charge in [-0.05, 0) is 73.6 Å². The van der Waals surface area contributed by atoms with Gasteiger partial charge in [0, 0.05) is 64.8 Å². The number of carbonyl (C=O) groups excluding carboxylic acids is 6. The van der Waals surface area contributed by atoms with Crippen LogP contribution in [0.1, 0.15) is 87.0 Å². The molecule has 0 aliphatic carbocycles. The molecular formula is C48H69B3N6O13. The van der Waals surface area contributed by atoms with E-state index in [1.807, 2.05) is 84.9 Å². The zero-order chi connectivity index (χ0) is 50.8. The van der Waals surface area contributed by atoms with Crippen molar-refractivity contribution in [1.82, 2.24) is 30.7 Å². The molecule has 378 valence electrons. The summed E-state index contributed by atoms with van der Waals surface area (Å²) < 4.78 is 4.82. The first kappa shape index (κ1) is 56.8. The molecule has 3 aromatic rings. The monoisotopic (exact) mass is 971 g/mol. The van der Waals surface area contributed by atoms with Gasteiger partial charge in [0.2, 0.25) is 29.5 Å². The van der Waals surface area contributed by atoms with Crippen molar-refractivity contribution in [2.45, 2.75) is 108 Å². The number of cyclic esters (lactones) is 1. The minimum Gasteiger partial charge on any atom is -0.448 e. The van der Waals surface area contributed by atoms with Crippen molar-refractivity contribution < 1.29 is 63.6 Å². The first-order valence-electron chi connectivity index (χ1n) is 24.2. The van der Waals surface area contributed by atoms with Crippen LogP contribution in [0.15, 0.2) is 84.9 Å². The van der Waals surface area contributed by atoms with E-state index in [0.29, 0.717) is 84.4 Å². The third kappa shape index (κ3) is 21.1. The Morgan fingerprint density at radius 3 is 1.43 bits per heavy atom. The van der Waals surface area contributed by atoms with Gasteiger partial charge in [0.05, 0.1) is 24.4 Å². The number of amides is 6. The summed E-state index contributed by atoms with van der Waals surface area (Å²) in [6.07, 6.45) is 6.45. The molecule has 0 spiro atoms. The second-order valence-corrected chi connectivity index (χ2v) is 17.5. The molecule has 0 bridgehead atoms. The molecule has 3 aromatic carbocycles. The molecule has 0 aromatic heterocycles. The molecule has 6 amide bonds. The van der Waals surface area contributed by atoms with Gasteiger partial charge in [-0.2, -0.15) is 0 Å². The van der Waals surface area contributed by atoms with Gasteiger partial charge in [0.25, 0.3) is 0 Å². The smallest absolute Gasteiger partial charge is 0.448 e. The molecular weight excluding hydrogens is 901 g/mol. The van der Waals surface area contributed by atoms with Gasteiger partial charge in [-0.15, -0.1) is 0 Å². The second-order valence-electron chi connectivity index (χ2n) is 17.5. The lowest BCUT2D eigenvalue weighted by Gasteiger charge is -2.26. The van der Waals surface area contributed by atoms with Crippen LogP contribution in [0.3, 0.4) is 0 Å². The Labute approximate surface area is 411 Å². The maximum atomic E-state index is 12.1. The van der Waals surface area contributed by atoms with Gasteiger partial charge in [-0.3, -0.25) is 24.0 Å². The van der Waals surface area contributed by atoms with Crippen molar-refractivity contribution in [2.24, 2.45) is 0 Å². The van der Waals surface area contributed by atoms with Gasteiger partial charge in [-0.25, -0.2) is 4.79 Å². The van der Waals surface area contributed by atoms with Crippen molar-refractivity contribution in [3.63, 3.8) is 0 Å². The van der Waals surface area contributed by atoms with Crippen molar-refractivity contribution in [2.75, 3.05) is 45.9 Å². The first-order valence-corrected chi connectivity index (χ1v) is 24.2. The summed E-state index contributed by atoms with van der Waals surface area (Å²) in [4.78, 5) is 75.4. The van der Waals surface area contributed by atoms with Crippen LogP contribution in [0.2, 0.25) is 0 Å². The number of hydrogen-bond acceptors (Lipinski definition) is 13. The molecule has 3 saturated heterocycles. The molecule has 19 nitrogen and oxygen atoms in total. The number of nitrogens with zero attached hydrogens (tertiary/aromatic N) is 3. The lowest BCUT2D eigenvalue weighted by Crippen LogP contribution is -2.48. The molecule has 0 unspecified atom stereocenters. The zero-order valence-corrected chi connectivity index (χ0v) is 40.1. The van der Waals surface area contributed by atoms with Crippen LogP contribution in [0.5, 0.6) is 0 Å². The molecule has 22 heteroatoms. The minimum absolute atomic E-state index is 0.0795. The average Bonchev–Trinajstić information content (AvgIpc) is 3.96. The molecule has 70 heavy (non-hydrogen) atoms. The third-order valence-electron chi connectivity index (χ3n) is 12.1. The molecule has 0 radical (unpaired) electrons. The SMILES string of the molecule is CCc1cccc(C[C@H](NC(=O)CCCN2CCOC2=O)B(O)O)c1.O=C(CCN1CCCC1=O)N[C@H](Cc1ccccc1)B(O)O.O=C(CCN1CCCCC1=O)N[C@H](Cc1ccccc1)B(O)O. The van der Waals surface area contributed by atoms with Crippen LogP contribution in [0, 0.1) is 0 Å². The Hall–Kier alpha value is -5.77. The fourth-order valence-corrected chi connectivity index (χ4v) is 8.07. The molecule has 3 aliphatic heterocycles. The predicted octanol–water partition coefficient (Wildman–Crippen LogP) is 0.388. The Bertz CT molecular complexity index is 2090. The fraction of sp³-hybridized carbons (Fsp3) is 0.500. The van der Waals surface area contributed by atoms with Crippen LogP contribution in [0.25, 0.3) is 0 Å². The highest BCUT2D eigenvalue weighted by Gasteiger charge is 2.29. The van der Waals surface area contributed by atoms with Crippen LogP contribution in [-0.2, 0) is 54.4 Å². The van der Waals surface area contributed by atoms with Crippen molar-refractivity contribution in [3.05, 3.63) is 107 Å². The van der Waals surface area contributed by atoms with Crippen LogP contribution in [0.4, 0.5) is 4.79 Å². The van der Waals surface area contributed by atoms with Gasteiger partial charge >= 0.3 is 27.4 Å². The van der Waals surface area contributed by atoms with Gasteiger partial charge in [0.1, 0.15) is 6.61 Å². The number of carbonyl (C=O) groups is 6. The number of ether oxygens (including phenoxy) is 1. The van der Waals surface area contributed by atoms with Crippen molar-refractivity contribution in [1.29, 1.82) is 0 Å². The van der Waals surface area contributed by atoms with Crippen molar-refractivity contribution >= 4 is 57.0 Å². The van der Waals surface area contributed by atoms with Gasteiger partial charge < -0.3 is 65.5 Å². The summed E-state index contributed by atoms with van der Waals surface area (Å²) in [7, 11) is -4.89. The Balaban J connectivity index is 0.000000229. The number of nitrogens with one attached hydrogen (secondary N) is 3. The highest BCUT2D eigenvalue weighted by atomic mass is 16.6. The lowest BCUT2D eigenvalue weighted by atomic mass is 9.75. The quantitative estimate of drug-likeness (QED) is 0.0583. The van der Waals surface area contributed by atoms with E-state index in [9.17, 15) is 58.9 Å². The lowest BCUT2D eigenvalue weighted by molar-refractivity contribution is -0.134. The van der Waals surface area contributed by atoms with Gasteiger partial charge in [-0.1, -0.05) is 91.9 Å². The highest BCUT2D eigenvalue weighted by molar-refractivity contribution is 6.44. The third-order valence-corrected chi connectivity index (χ3v) is 12.1. The van der Waals surface area contributed by atoms with Gasteiger partial charge in [0.15, 0.2) is 0 Å². The number of likely N-dealkylation sites (tertiary alicyclic amines) is 2. The largest absolute Gasteiger partial charge is 0.475 e. The number of benzene rings is 3. The number of rotatable bonds is 23. The number of piperidine rings is 1. The molecule has 3 heterocycles. The van der Waals surface area contributed by atoms with E-state index >= 15 is 0 Å². The van der Waals surface area contributed by atoms with E-state index in [2.05, 4.69) is 22.9 Å². The van der Waals surface area contributed by atoms with E-state index in [1.165, 1.54) is 0 Å². The standard InChI is InChI=1S/C17H25BN2O5.C16H23BN2O4.C15H21BN2O4/c1-2-13-5-3-6-14(11-13)12-15(18(23)24)19-16(21)7-4-8-20-9-10-25-17(20)22;20-15(9-11-19-10-5-4-8-16(19)21)18-14(17(22)23)12-13-6-2-1-3-7-13;19-14(8-10-18-9-4-7-15(18)20)17-13(16(21)22)11-12-5-2-1-3-6-12/h3,5-6,11,15,23-24H,2,4,7-10,12H2,1H3,(H,19,21);1-3,6-7,14,22-23H,4-5,8-12H2,(H,18,20);1-3,5-6,13,21-22H,4,7-11H2,(H,17,19)/t15-;14-;13-/m011/s1. The second kappa shape index (κ2) is 30.8. The van der Waals surface area contributed by atoms with Crippen LogP contribution >= 0.6 is 0 Å². The van der Waals surface area contributed by atoms with E-state index < -0.39 is 39.2 Å². The van der Waals surface area contributed by atoms with E-state index in [4.69, 9.17) is 4.74 Å². The topological polar surface area (TPSA) is 279 Å². The minimum atomic E-state index is -1.64.